The number of rotatable bonds is 5. The van der Waals surface area contributed by atoms with Gasteiger partial charge >= 0.3 is 0 Å². The van der Waals surface area contributed by atoms with Gasteiger partial charge < -0.3 is 16.4 Å². The van der Waals surface area contributed by atoms with Gasteiger partial charge in [-0.25, -0.2) is 8.78 Å². The fourth-order valence-corrected chi connectivity index (χ4v) is 1.48. The summed E-state index contributed by atoms with van der Waals surface area (Å²) in [6, 6.07) is 3.43. The first-order valence-electron chi connectivity index (χ1n) is 5.11. The van der Waals surface area contributed by atoms with Crippen LogP contribution in [-0.4, -0.2) is 31.1 Å². The van der Waals surface area contributed by atoms with Crippen LogP contribution in [0.3, 0.4) is 0 Å². The molecule has 90 valence electrons. The lowest BCUT2D eigenvalue weighted by molar-refractivity contribution is 0.300. The molecule has 3 nitrogen and oxygen atoms in total. The van der Waals surface area contributed by atoms with E-state index >= 15 is 0 Å². The molecule has 0 spiro atoms. The Morgan fingerprint density at radius 2 is 2.06 bits per heavy atom. The van der Waals surface area contributed by atoms with Crippen LogP contribution >= 0.6 is 0 Å². The van der Waals surface area contributed by atoms with Crippen LogP contribution in [0.4, 0.5) is 8.78 Å². The first kappa shape index (κ1) is 13.0. The van der Waals surface area contributed by atoms with Crippen molar-refractivity contribution >= 4 is 0 Å². The standard InChI is InChI=1S/C11H17F2N3/c1-16(7-10(15)5-14)6-8-2-3-9(12)4-11(8)13/h2-4,10H,5-7,14-15H2,1H3. The maximum absolute atomic E-state index is 13.3. The van der Waals surface area contributed by atoms with Crippen molar-refractivity contribution in [2.75, 3.05) is 20.1 Å². The summed E-state index contributed by atoms with van der Waals surface area (Å²) in [5.74, 6) is -1.10. The highest BCUT2D eigenvalue weighted by Gasteiger charge is 2.09. The average molecular weight is 229 g/mol. The lowest BCUT2D eigenvalue weighted by atomic mass is 10.2. The van der Waals surface area contributed by atoms with Crippen molar-refractivity contribution in [3.63, 3.8) is 0 Å². The van der Waals surface area contributed by atoms with E-state index in [-0.39, 0.29) is 6.04 Å². The smallest absolute Gasteiger partial charge is 0.130 e. The lowest BCUT2D eigenvalue weighted by Crippen LogP contribution is -2.40. The minimum absolute atomic E-state index is 0.131. The molecule has 4 N–H and O–H groups in total. The van der Waals surface area contributed by atoms with Gasteiger partial charge in [0.05, 0.1) is 0 Å². The molecule has 0 saturated heterocycles. The fourth-order valence-electron chi connectivity index (χ4n) is 1.48. The van der Waals surface area contributed by atoms with Gasteiger partial charge in [-0.3, -0.25) is 0 Å². The molecule has 0 heterocycles. The maximum Gasteiger partial charge on any atom is 0.130 e. The molecule has 1 aromatic rings. The van der Waals surface area contributed by atoms with E-state index in [0.717, 1.165) is 6.07 Å². The van der Waals surface area contributed by atoms with Crippen LogP contribution in [-0.2, 0) is 6.54 Å². The molecule has 1 atom stereocenters. The van der Waals surface area contributed by atoms with Crippen LogP contribution in [0, 0.1) is 11.6 Å². The third-order valence-electron chi connectivity index (χ3n) is 2.30. The number of nitrogens with zero attached hydrogens (tertiary/aromatic N) is 1. The van der Waals surface area contributed by atoms with Crippen molar-refractivity contribution < 1.29 is 8.78 Å². The van der Waals surface area contributed by atoms with Crippen molar-refractivity contribution in [2.24, 2.45) is 11.5 Å². The van der Waals surface area contributed by atoms with E-state index in [1.807, 2.05) is 11.9 Å². The quantitative estimate of drug-likeness (QED) is 0.780. The van der Waals surface area contributed by atoms with Crippen LogP contribution in [0.15, 0.2) is 18.2 Å². The van der Waals surface area contributed by atoms with Crippen LogP contribution in [0.2, 0.25) is 0 Å². The Morgan fingerprint density at radius 3 is 2.62 bits per heavy atom. The van der Waals surface area contributed by atoms with E-state index in [2.05, 4.69) is 0 Å². The minimum atomic E-state index is -0.567. The molecule has 0 fully saturated rings. The molecule has 0 aliphatic heterocycles. The molecular weight excluding hydrogens is 212 g/mol. The van der Waals surface area contributed by atoms with Gasteiger partial charge in [0.15, 0.2) is 0 Å². The largest absolute Gasteiger partial charge is 0.329 e. The van der Waals surface area contributed by atoms with Gasteiger partial charge in [0.1, 0.15) is 11.6 Å². The highest BCUT2D eigenvalue weighted by atomic mass is 19.1. The normalized spacial score (nSPS) is 13.1. The van der Waals surface area contributed by atoms with Gasteiger partial charge in [0.2, 0.25) is 0 Å². The first-order chi connectivity index (χ1) is 7.52. The van der Waals surface area contributed by atoms with Crippen molar-refractivity contribution in [1.82, 2.24) is 4.90 Å². The molecule has 5 heteroatoms. The summed E-state index contributed by atoms with van der Waals surface area (Å²) >= 11 is 0. The first-order valence-corrected chi connectivity index (χ1v) is 5.11. The molecule has 0 bridgehead atoms. The molecular formula is C11H17F2N3. The molecule has 0 aliphatic rings. The average Bonchev–Trinajstić information content (AvgIpc) is 2.22. The highest BCUT2D eigenvalue weighted by molar-refractivity contribution is 5.18. The molecule has 1 unspecified atom stereocenters. The topological polar surface area (TPSA) is 55.3 Å². The number of likely N-dealkylation sites (N-methyl/N-ethyl adjacent to an activating group) is 1. The predicted molar refractivity (Wildman–Crippen MR) is 59.7 cm³/mol. The molecule has 16 heavy (non-hydrogen) atoms. The Labute approximate surface area is 94.0 Å². The Bertz CT molecular complexity index is 344. The molecule has 0 aliphatic carbocycles. The Morgan fingerprint density at radius 1 is 1.38 bits per heavy atom. The molecule has 1 rings (SSSR count). The van der Waals surface area contributed by atoms with E-state index in [4.69, 9.17) is 11.5 Å². The van der Waals surface area contributed by atoms with E-state index in [9.17, 15) is 8.78 Å². The Balaban J connectivity index is 2.59. The van der Waals surface area contributed by atoms with Gasteiger partial charge in [-0.15, -0.1) is 0 Å². The summed E-state index contributed by atoms with van der Waals surface area (Å²) < 4.78 is 26.0. The van der Waals surface area contributed by atoms with Gasteiger partial charge in [-0.1, -0.05) is 6.07 Å². The van der Waals surface area contributed by atoms with Crippen molar-refractivity contribution in [3.8, 4) is 0 Å². The number of benzene rings is 1. The van der Waals surface area contributed by atoms with Gasteiger partial charge in [-0.2, -0.15) is 0 Å². The Kier molecular flexibility index (Phi) is 4.79. The number of hydrogen-bond acceptors (Lipinski definition) is 3. The Hall–Kier alpha value is -1.04. The number of hydrogen-bond donors (Lipinski definition) is 2. The second kappa shape index (κ2) is 5.89. The summed E-state index contributed by atoms with van der Waals surface area (Å²) in [6.07, 6.45) is 0. The van der Waals surface area contributed by atoms with Crippen LogP contribution in [0.5, 0.6) is 0 Å². The molecule has 0 radical (unpaired) electrons. The molecule has 0 saturated carbocycles. The second-order valence-corrected chi connectivity index (χ2v) is 3.93. The third-order valence-corrected chi connectivity index (χ3v) is 2.30. The molecule has 0 amide bonds. The number of halogens is 2. The van der Waals surface area contributed by atoms with Gasteiger partial charge in [0, 0.05) is 37.3 Å². The molecule has 0 aromatic heterocycles. The van der Waals surface area contributed by atoms with Crippen molar-refractivity contribution in [1.29, 1.82) is 0 Å². The van der Waals surface area contributed by atoms with E-state index in [1.54, 1.807) is 0 Å². The van der Waals surface area contributed by atoms with Crippen LogP contribution in [0.25, 0.3) is 0 Å². The van der Waals surface area contributed by atoms with Gasteiger partial charge in [-0.05, 0) is 13.1 Å². The number of nitrogens with two attached hydrogens (primary N) is 2. The zero-order chi connectivity index (χ0) is 12.1. The maximum atomic E-state index is 13.3. The van der Waals surface area contributed by atoms with Crippen molar-refractivity contribution in [2.45, 2.75) is 12.6 Å². The summed E-state index contributed by atoms with van der Waals surface area (Å²) in [5.41, 5.74) is 11.5. The van der Waals surface area contributed by atoms with E-state index in [0.29, 0.717) is 25.2 Å². The zero-order valence-corrected chi connectivity index (χ0v) is 9.29. The summed E-state index contributed by atoms with van der Waals surface area (Å²) in [5, 5.41) is 0. The lowest BCUT2D eigenvalue weighted by Gasteiger charge is -2.20. The highest BCUT2D eigenvalue weighted by Crippen LogP contribution is 2.11. The third kappa shape index (κ3) is 3.84. The van der Waals surface area contributed by atoms with E-state index < -0.39 is 11.6 Å². The van der Waals surface area contributed by atoms with Gasteiger partial charge in [0.25, 0.3) is 0 Å². The predicted octanol–water partition coefficient (Wildman–Crippen LogP) is 0.683. The van der Waals surface area contributed by atoms with Crippen molar-refractivity contribution in [3.05, 3.63) is 35.4 Å². The monoisotopic (exact) mass is 229 g/mol. The summed E-state index contributed by atoms with van der Waals surface area (Å²) in [4.78, 5) is 1.86. The second-order valence-electron chi connectivity index (χ2n) is 3.93. The summed E-state index contributed by atoms with van der Waals surface area (Å²) in [6.45, 7) is 1.35. The molecule has 1 aromatic carbocycles. The SMILES string of the molecule is CN(Cc1ccc(F)cc1F)CC(N)CN. The summed E-state index contributed by atoms with van der Waals surface area (Å²) in [7, 11) is 1.82. The van der Waals surface area contributed by atoms with Crippen LogP contribution < -0.4 is 11.5 Å². The zero-order valence-electron chi connectivity index (χ0n) is 9.29. The van der Waals surface area contributed by atoms with E-state index in [1.165, 1.54) is 12.1 Å². The fraction of sp³-hybridized carbons (Fsp3) is 0.455. The van der Waals surface area contributed by atoms with Crippen LogP contribution in [0.1, 0.15) is 5.56 Å². The minimum Gasteiger partial charge on any atom is -0.329 e.